The molecule has 0 aliphatic rings. The van der Waals surface area contributed by atoms with E-state index >= 15 is 0 Å². The Hall–Kier alpha value is -0.770. The third kappa shape index (κ3) is 17.3. The number of amides is 1. The van der Waals surface area contributed by atoms with Crippen molar-refractivity contribution in [3.63, 3.8) is 0 Å². The molecule has 3 N–H and O–H groups in total. The molecule has 0 aromatic rings. The van der Waals surface area contributed by atoms with E-state index in [2.05, 4.69) is 5.32 Å². The van der Waals surface area contributed by atoms with Crippen molar-refractivity contribution in [1.82, 2.24) is 5.32 Å². The summed E-state index contributed by atoms with van der Waals surface area (Å²) in [6.45, 7) is 7.19. The van der Waals surface area contributed by atoms with Crippen LogP contribution in [0.5, 0.6) is 0 Å². The third-order valence-electron chi connectivity index (χ3n) is 3.55. The van der Waals surface area contributed by atoms with Gasteiger partial charge in [-0.25, -0.2) is 4.79 Å². The molecule has 0 atom stereocenters. The minimum absolute atomic E-state index is 0.304. The second kappa shape index (κ2) is 13.9. The van der Waals surface area contributed by atoms with Gasteiger partial charge in [0.25, 0.3) is 0 Å². The van der Waals surface area contributed by atoms with Gasteiger partial charge in [0.15, 0.2) is 0 Å². The Bertz CT molecular complexity index is 262. The normalized spacial score (nSPS) is 11.5. The number of hydrogen-bond acceptors (Lipinski definition) is 3. The first-order valence-electron chi connectivity index (χ1n) is 9.12. The lowest BCUT2D eigenvalue weighted by atomic mass is 10.1. The van der Waals surface area contributed by atoms with E-state index in [1.807, 2.05) is 20.8 Å². The van der Waals surface area contributed by atoms with E-state index in [1.165, 1.54) is 64.2 Å². The van der Waals surface area contributed by atoms with Crippen molar-refractivity contribution in [1.29, 1.82) is 0 Å². The first-order valence-corrected chi connectivity index (χ1v) is 9.12. The van der Waals surface area contributed by atoms with Crippen molar-refractivity contribution in [3.05, 3.63) is 0 Å². The van der Waals surface area contributed by atoms with Crippen LogP contribution in [0.2, 0.25) is 0 Å². The summed E-state index contributed by atoms with van der Waals surface area (Å²) in [5.41, 5.74) is 5.06. The monoisotopic (exact) mass is 314 g/mol. The molecule has 0 aromatic carbocycles. The summed E-state index contributed by atoms with van der Waals surface area (Å²) in [4.78, 5) is 11.4. The van der Waals surface area contributed by atoms with Crippen molar-refractivity contribution >= 4 is 6.09 Å². The molecule has 0 aliphatic heterocycles. The third-order valence-corrected chi connectivity index (χ3v) is 3.55. The van der Waals surface area contributed by atoms with E-state index in [-0.39, 0.29) is 6.09 Å². The average Bonchev–Trinajstić information content (AvgIpc) is 2.42. The smallest absolute Gasteiger partial charge is 0.407 e. The van der Waals surface area contributed by atoms with Crippen LogP contribution in [0.1, 0.15) is 91.4 Å². The van der Waals surface area contributed by atoms with Gasteiger partial charge in [-0.1, -0.05) is 57.8 Å². The largest absolute Gasteiger partial charge is 0.444 e. The predicted molar refractivity (Wildman–Crippen MR) is 94.1 cm³/mol. The van der Waals surface area contributed by atoms with Crippen LogP contribution in [0, 0.1) is 0 Å². The number of alkyl carbamates (subject to hydrolysis) is 1. The Morgan fingerprint density at radius 1 is 0.818 bits per heavy atom. The molecule has 0 heterocycles. The molecule has 0 fully saturated rings. The highest BCUT2D eigenvalue weighted by atomic mass is 16.6. The Kier molecular flexibility index (Phi) is 13.4. The first kappa shape index (κ1) is 21.2. The van der Waals surface area contributed by atoms with Crippen LogP contribution in [0.15, 0.2) is 0 Å². The first-order chi connectivity index (χ1) is 10.5. The lowest BCUT2D eigenvalue weighted by Crippen LogP contribution is -2.32. The van der Waals surface area contributed by atoms with Crippen molar-refractivity contribution < 1.29 is 9.53 Å². The number of hydrogen-bond donors (Lipinski definition) is 2. The molecule has 4 nitrogen and oxygen atoms in total. The lowest BCUT2D eigenvalue weighted by Gasteiger charge is -2.19. The minimum atomic E-state index is -0.408. The summed E-state index contributed by atoms with van der Waals surface area (Å²) < 4.78 is 5.19. The van der Waals surface area contributed by atoms with Crippen LogP contribution in [0.25, 0.3) is 0 Å². The fourth-order valence-electron chi connectivity index (χ4n) is 2.36. The van der Waals surface area contributed by atoms with Crippen molar-refractivity contribution in [2.24, 2.45) is 5.73 Å². The van der Waals surface area contributed by atoms with Crippen molar-refractivity contribution in [2.45, 2.75) is 97.0 Å². The lowest BCUT2D eigenvalue weighted by molar-refractivity contribution is 0.0527. The average molecular weight is 315 g/mol. The van der Waals surface area contributed by atoms with Crippen molar-refractivity contribution in [2.75, 3.05) is 13.1 Å². The van der Waals surface area contributed by atoms with Gasteiger partial charge in [0.1, 0.15) is 5.60 Å². The highest BCUT2D eigenvalue weighted by molar-refractivity contribution is 5.67. The molecular formula is C18H38N2O2. The number of carbonyl (C=O) groups excluding carboxylic acids is 1. The Morgan fingerprint density at radius 2 is 1.23 bits per heavy atom. The molecule has 0 bridgehead atoms. The second-order valence-electron chi connectivity index (χ2n) is 7.11. The molecule has 0 saturated heterocycles. The summed E-state index contributed by atoms with van der Waals surface area (Å²) >= 11 is 0. The molecule has 0 aliphatic carbocycles. The maximum atomic E-state index is 11.4. The zero-order valence-corrected chi connectivity index (χ0v) is 15.1. The zero-order chi connectivity index (χ0) is 16.7. The molecule has 0 saturated carbocycles. The van der Waals surface area contributed by atoms with E-state index in [1.54, 1.807) is 0 Å². The molecular weight excluding hydrogens is 276 g/mol. The van der Waals surface area contributed by atoms with E-state index in [0.717, 1.165) is 19.5 Å². The highest BCUT2D eigenvalue weighted by Crippen LogP contribution is 2.11. The van der Waals surface area contributed by atoms with Gasteiger partial charge in [0.05, 0.1) is 0 Å². The van der Waals surface area contributed by atoms with Gasteiger partial charge < -0.3 is 15.8 Å². The van der Waals surface area contributed by atoms with E-state index in [4.69, 9.17) is 10.5 Å². The summed E-state index contributed by atoms with van der Waals surface area (Å²) in [7, 11) is 0. The van der Waals surface area contributed by atoms with E-state index in [0.29, 0.717) is 0 Å². The molecule has 0 spiro atoms. The van der Waals surface area contributed by atoms with Crippen molar-refractivity contribution in [3.8, 4) is 0 Å². The van der Waals surface area contributed by atoms with Crippen LogP contribution in [0.4, 0.5) is 4.79 Å². The summed E-state index contributed by atoms with van der Waals surface area (Å²) in [5.74, 6) is 0. The van der Waals surface area contributed by atoms with Gasteiger partial charge in [-0.05, 0) is 40.2 Å². The number of nitrogens with one attached hydrogen (secondary N) is 1. The Labute approximate surface area is 137 Å². The van der Waals surface area contributed by atoms with Crippen LogP contribution < -0.4 is 11.1 Å². The van der Waals surface area contributed by atoms with Gasteiger partial charge in [0, 0.05) is 6.54 Å². The second-order valence-corrected chi connectivity index (χ2v) is 7.11. The van der Waals surface area contributed by atoms with Gasteiger partial charge in [0.2, 0.25) is 0 Å². The van der Waals surface area contributed by atoms with E-state index in [9.17, 15) is 4.79 Å². The zero-order valence-electron chi connectivity index (χ0n) is 15.1. The maximum Gasteiger partial charge on any atom is 0.407 e. The summed E-state index contributed by atoms with van der Waals surface area (Å²) in [5, 5.41) is 2.80. The van der Waals surface area contributed by atoms with Crippen LogP contribution in [-0.2, 0) is 4.74 Å². The number of rotatable bonds is 13. The molecule has 0 radical (unpaired) electrons. The van der Waals surface area contributed by atoms with Gasteiger partial charge >= 0.3 is 6.09 Å². The molecule has 0 rings (SSSR count). The van der Waals surface area contributed by atoms with E-state index < -0.39 is 5.60 Å². The molecule has 0 unspecified atom stereocenters. The Balaban J connectivity index is 3.16. The molecule has 0 aromatic heterocycles. The maximum absolute atomic E-state index is 11.4. The minimum Gasteiger partial charge on any atom is -0.444 e. The topological polar surface area (TPSA) is 64.3 Å². The summed E-state index contributed by atoms with van der Waals surface area (Å²) in [6.07, 6.45) is 13.7. The quantitative estimate of drug-likeness (QED) is 0.482. The van der Waals surface area contributed by atoms with Gasteiger partial charge in [-0.3, -0.25) is 0 Å². The SMILES string of the molecule is CC(C)(C)OC(=O)NCCCCCCCCCCCCCN. The molecule has 132 valence electrons. The van der Waals surface area contributed by atoms with Gasteiger partial charge in [-0.15, -0.1) is 0 Å². The predicted octanol–water partition coefficient (Wildman–Crippen LogP) is 4.76. The fourth-order valence-corrected chi connectivity index (χ4v) is 2.36. The van der Waals surface area contributed by atoms with Crippen LogP contribution >= 0.6 is 0 Å². The number of carbonyl (C=O) groups is 1. The highest BCUT2D eigenvalue weighted by Gasteiger charge is 2.15. The fraction of sp³-hybridized carbons (Fsp3) is 0.944. The number of ether oxygens (including phenoxy) is 1. The number of unbranched alkanes of at least 4 members (excludes halogenated alkanes) is 10. The van der Waals surface area contributed by atoms with Gasteiger partial charge in [-0.2, -0.15) is 0 Å². The summed E-state index contributed by atoms with van der Waals surface area (Å²) in [6, 6.07) is 0. The molecule has 4 heteroatoms. The standard InChI is InChI=1S/C18H38N2O2/c1-18(2,3)22-17(21)20-16-14-12-10-8-6-4-5-7-9-11-13-15-19/h4-16,19H2,1-3H3,(H,20,21). The Morgan fingerprint density at radius 3 is 1.64 bits per heavy atom. The molecule has 1 amide bonds. The molecule has 22 heavy (non-hydrogen) atoms. The van der Waals surface area contributed by atoms with Crippen LogP contribution in [-0.4, -0.2) is 24.8 Å². The van der Waals surface area contributed by atoms with Crippen LogP contribution in [0.3, 0.4) is 0 Å². The number of nitrogens with two attached hydrogens (primary N) is 1.